The lowest BCUT2D eigenvalue weighted by molar-refractivity contribution is 0.589. The van der Waals surface area contributed by atoms with E-state index in [1.807, 2.05) is 28.8 Å². The zero-order valence-electron chi connectivity index (χ0n) is 16.2. The number of sulfone groups is 1. The number of pyridine rings is 1. The van der Waals surface area contributed by atoms with Gasteiger partial charge in [0.15, 0.2) is 14.9 Å². The number of halogens is 2. The van der Waals surface area contributed by atoms with Crippen LogP contribution >= 0.6 is 23.2 Å². The Bertz CT molecular complexity index is 1560. The highest BCUT2D eigenvalue weighted by Crippen LogP contribution is 2.27. The fourth-order valence-electron chi connectivity index (χ4n) is 3.62. The van der Waals surface area contributed by atoms with Gasteiger partial charge in [0, 0.05) is 16.7 Å². The number of rotatable bonds is 4. The molecule has 0 amide bonds. The van der Waals surface area contributed by atoms with E-state index in [0.717, 1.165) is 17.5 Å². The molecule has 2 aromatic carbocycles. The molecule has 0 fully saturated rings. The molecule has 3 heterocycles. The van der Waals surface area contributed by atoms with Crippen LogP contribution < -0.4 is 0 Å². The molecule has 7 nitrogen and oxygen atoms in total. The van der Waals surface area contributed by atoms with Gasteiger partial charge in [-0.15, -0.1) is 0 Å². The van der Waals surface area contributed by atoms with Crippen molar-refractivity contribution >= 4 is 55.0 Å². The van der Waals surface area contributed by atoms with Gasteiger partial charge in [-0.1, -0.05) is 35.3 Å². The molecule has 0 atom stereocenters. The highest BCUT2D eigenvalue weighted by Gasteiger charge is 2.21. The van der Waals surface area contributed by atoms with Crippen LogP contribution in [0.25, 0.3) is 27.6 Å². The Hall–Kier alpha value is -2.94. The lowest BCUT2D eigenvalue weighted by atomic mass is 10.2. The van der Waals surface area contributed by atoms with Crippen LogP contribution in [0.15, 0.2) is 65.8 Å². The van der Waals surface area contributed by atoms with Crippen LogP contribution in [0.1, 0.15) is 5.82 Å². The van der Waals surface area contributed by atoms with E-state index in [9.17, 15) is 8.42 Å². The first kappa shape index (κ1) is 20.0. The second-order valence-corrected chi connectivity index (χ2v) is 9.84. The van der Waals surface area contributed by atoms with Crippen LogP contribution in [0.3, 0.4) is 0 Å². The van der Waals surface area contributed by atoms with Crippen molar-refractivity contribution in [3.05, 3.63) is 76.8 Å². The standard InChI is InChI=1S/C21H15Cl2N5O2S/c1-31(29,30)21-15-4-2-3-5-17(15)27(26-21)12-20-25-16-10-13(22)6-8-18(16)28(20)14-7-9-19(23)24-11-14/h2-11H,12H2,1H3. The van der Waals surface area contributed by atoms with Gasteiger partial charge in [0.2, 0.25) is 0 Å². The van der Waals surface area contributed by atoms with Gasteiger partial charge in [-0.2, -0.15) is 5.10 Å². The van der Waals surface area contributed by atoms with E-state index in [1.165, 1.54) is 0 Å². The van der Waals surface area contributed by atoms with Gasteiger partial charge in [0.1, 0.15) is 17.5 Å². The highest BCUT2D eigenvalue weighted by atomic mass is 35.5. The molecule has 0 unspecified atom stereocenters. The summed E-state index contributed by atoms with van der Waals surface area (Å²) >= 11 is 12.1. The van der Waals surface area contributed by atoms with Gasteiger partial charge in [-0.3, -0.25) is 9.25 Å². The lowest BCUT2D eigenvalue weighted by Gasteiger charge is -2.10. The van der Waals surface area contributed by atoms with Crippen molar-refractivity contribution in [2.45, 2.75) is 11.6 Å². The first-order chi connectivity index (χ1) is 14.8. The average molecular weight is 472 g/mol. The van der Waals surface area contributed by atoms with Crippen molar-refractivity contribution in [3.8, 4) is 5.69 Å². The molecular weight excluding hydrogens is 457 g/mol. The van der Waals surface area contributed by atoms with Crippen molar-refractivity contribution in [1.29, 1.82) is 0 Å². The molecule has 31 heavy (non-hydrogen) atoms. The largest absolute Gasteiger partial charge is 0.293 e. The van der Waals surface area contributed by atoms with E-state index < -0.39 is 9.84 Å². The quantitative estimate of drug-likeness (QED) is 0.359. The predicted molar refractivity (Wildman–Crippen MR) is 121 cm³/mol. The maximum atomic E-state index is 12.3. The van der Waals surface area contributed by atoms with Crippen molar-refractivity contribution in [1.82, 2.24) is 24.3 Å². The van der Waals surface area contributed by atoms with E-state index >= 15 is 0 Å². The summed E-state index contributed by atoms with van der Waals surface area (Å²) in [5.74, 6) is 0.648. The van der Waals surface area contributed by atoms with Crippen LogP contribution in [-0.2, 0) is 16.4 Å². The summed E-state index contributed by atoms with van der Waals surface area (Å²) in [7, 11) is -3.50. The SMILES string of the molecule is CS(=O)(=O)c1nn(Cc2nc3cc(Cl)ccc3n2-c2ccc(Cl)nc2)c2ccccc12. The monoisotopic (exact) mass is 471 g/mol. The molecule has 10 heteroatoms. The maximum absolute atomic E-state index is 12.3. The van der Waals surface area contributed by atoms with Crippen molar-refractivity contribution in [3.63, 3.8) is 0 Å². The fraction of sp³-hybridized carbons (Fsp3) is 0.0952. The molecule has 0 bridgehead atoms. The number of hydrogen-bond acceptors (Lipinski definition) is 5. The van der Waals surface area contributed by atoms with Crippen molar-refractivity contribution < 1.29 is 8.42 Å². The Labute approximate surface area is 187 Å². The molecule has 0 aliphatic rings. The molecule has 0 saturated carbocycles. The zero-order valence-corrected chi connectivity index (χ0v) is 18.5. The van der Waals surface area contributed by atoms with E-state index in [2.05, 4.69) is 10.1 Å². The number of imidazole rings is 1. The minimum absolute atomic E-state index is 0.0435. The van der Waals surface area contributed by atoms with E-state index in [-0.39, 0.29) is 11.6 Å². The minimum atomic E-state index is -3.50. The third-order valence-corrected chi connectivity index (χ3v) is 6.39. The van der Waals surface area contributed by atoms with Gasteiger partial charge in [-0.05, 0) is 42.5 Å². The van der Waals surface area contributed by atoms with E-state index in [4.69, 9.17) is 28.2 Å². The van der Waals surface area contributed by atoms with Crippen LogP contribution in [0.2, 0.25) is 10.2 Å². The first-order valence-corrected chi connectivity index (χ1v) is 11.9. The third-order valence-electron chi connectivity index (χ3n) is 4.92. The van der Waals surface area contributed by atoms with Gasteiger partial charge in [0.25, 0.3) is 0 Å². The topological polar surface area (TPSA) is 82.7 Å². The zero-order chi connectivity index (χ0) is 21.8. The van der Waals surface area contributed by atoms with Crippen LogP contribution in [-0.4, -0.2) is 39.0 Å². The lowest BCUT2D eigenvalue weighted by Crippen LogP contribution is -2.10. The summed E-state index contributed by atoms with van der Waals surface area (Å²) in [6, 6.07) is 16.2. The van der Waals surface area contributed by atoms with Crippen molar-refractivity contribution in [2.75, 3.05) is 6.26 Å². The van der Waals surface area contributed by atoms with Gasteiger partial charge < -0.3 is 0 Å². The molecule has 0 aliphatic carbocycles. The van der Waals surface area contributed by atoms with Gasteiger partial charge in [0.05, 0.1) is 28.4 Å². The minimum Gasteiger partial charge on any atom is -0.293 e. The second-order valence-electron chi connectivity index (χ2n) is 7.09. The normalized spacial score (nSPS) is 12.1. The summed E-state index contributed by atoms with van der Waals surface area (Å²) in [4.78, 5) is 8.94. The predicted octanol–water partition coefficient (Wildman–Crippen LogP) is 4.53. The fourth-order valence-corrected chi connectivity index (χ4v) is 4.72. The summed E-state index contributed by atoms with van der Waals surface area (Å²) in [5, 5.41) is 5.98. The average Bonchev–Trinajstić information content (AvgIpc) is 3.27. The van der Waals surface area contributed by atoms with Crippen LogP contribution in [0.5, 0.6) is 0 Å². The van der Waals surface area contributed by atoms with Crippen molar-refractivity contribution in [2.24, 2.45) is 0 Å². The number of para-hydroxylation sites is 1. The molecule has 5 aromatic rings. The summed E-state index contributed by atoms with van der Waals surface area (Å²) in [6.07, 6.45) is 2.81. The molecule has 0 aliphatic heterocycles. The number of fused-ring (bicyclic) bond motifs is 2. The van der Waals surface area contributed by atoms with E-state index in [1.54, 1.807) is 41.2 Å². The number of aromatic nitrogens is 5. The Morgan fingerprint density at radius 2 is 1.81 bits per heavy atom. The van der Waals surface area contributed by atoms with Gasteiger partial charge in [-0.25, -0.2) is 18.4 Å². The summed E-state index contributed by atoms with van der Waals surface area (Å²) in [6.45, 7) is 0.241. The summed E-state index contributed by atoms with van der Waals surface area (Å²) in [5.41, 5.74) is 3.01. The highest BCUT2D eigenvalue weighted by molar-refractivity contribution is 7.90. The number of benzene rings is 2. The Kier molecular flexibility index (Phi) is 4.73. The van der Waals surface area contributed by atoms with Gasteiger partial charge >= 0.3 is 0 Å². The molecule has 0 saturated heterocycles. The Morgan fingerprint density at radius 1 is 1.00 bits per heavy atom. The molecule has 0 N–H and O–H groups in total. The maximum Gasteiger partial charge on any atom is 0.195 e. The Morgan fingerprint density at radius 3 is 2.55 bits per heavy atom. The molecule has 5 rings (SSSR count). The third kappa shape index (κ3) is 3.56. The Balaban J connectivity index is 1.73. The van der Waals surface area contributed by atoms with Crippen LogP contribution in [0, 0.1) is 0 Å². The molecule has 3 aromatic heterocycles. The molecule has 156 valence electrons. The van der Waals surface area contributed by atoms with Crippen LogP contribution in [0.4, 0.5) is 0 Å². The summed E-state index contributed by atoms with van der Waals surface area (Å²) < 4.78 is 28.1. The molecule has 0 spiro atoms. The second kappa shape index (κ2) is 7.33. The van der Waals surface area contributed by atoms with E-state index in [0.29, 0.717) is 32.4 Å². The smallest absolute Gasteiger partial charge is 0.195 e. The number of nitrogens with zero attached hydrogens (tertiary/aromatic N) is 5. The first-order valence-electron chi connectivity index (χ1n) is 9.26. The number of hydrogen-bond donors (Lipinski definition) is 0. The molecular formula is C21H15Cl2N5O2S. The molecule has 0 radical (unpaired) electrons.